The topological polar surface area (TPSA) is 106 Å². The summed E-state index contributed by atoms with van der Waals surface area (Å²) in [7, 11) is 0. The van der Waals surface area contributed by atoms with Gasteiger partial charge in [-0.3, -0.25) is 4.79 Å². The number of para-hydroxylation sites is 1. The van der Waals surface area contributed by atoms with Gasteiger partial charge in [-0.1, -0.05) is 35.9 Å². The van der Waals surface area contributed by atoms with Crippen LogP contribution in [0.2, 0.25) is 0 Å². The molecule has 2 aromatic carbocycles. The van der Waals surface area contributed by atoms with E-state index in [1.54, 1.807) is 32.2 Å². The molecule has 41 heavy (non-hydrogen) atoms. The molecule has 0 saturated carbocycles. The summed E-state index contributed by atoms with van der Waals surface area (Å²) in [5.74, 6) is -0.456. The fourth-order valence-corrected chi connectivity index (χ4v) is 5.22. The molecule has 214 valence electrons. The molecule has 1 aliphatic heterocycles. The van der Waals surface area contributed by atoms with Crippen molar-refractivity contribution in [3.8, 4) is 11.4 Å². The number of rotatable bonds is 9. The van der Waals surface area contributed by atoms with Crippen LogP contribution in [-0.2, 0) is 14.3 Å². The summed E-state index contributed by atoms with van der Waals surface area (Å²) in [6.07, 6.45) is 1.63. The van der Waals surface area contributed by atoms with Gasteiger partial charge in [-0.2, -0.15) is 5.10 Å². The van der Waals surface area contributed by atoms with E-state index in [-0.39, 0.29) is 13.2 Å². The smallest absolute Gasteiger partial charge is 0.338 e. The maximum absolute atomic E-state index is 12.7. The first-order valence-corrected chi connectivity index (χ1v) is 13.8. The maximum atomic E-state index is 12.7. The summed E-state index contributed by atoms with van der Waals surface area (Å²) in [5.41, 5.74) is 10.7. The molecule has 3 aromatic rings. The lowest BCUT2D eigenvalue weighted by molar-refractivity contribution is -0.139. The van der Waals surface area contributed by atoms with Gasteiger partial charge >= 0.3 is 5.97 Å². The summed E-state index contributed by atoms with van der Waals surface area (Å²) in [6, 6.07) is 15.0. The molecule has 2 heterocycles. The van der Waals surface area contributed by atoms with Gasteiger partial charge in [-0.05, 0) is 77.5 Å². The van der Waals surface area contributed by atoms with E-state index in [1.165, 1.54) is 11.1 Å². The molecule has 0 fully saturated rings. The zero-order valence-corrected chi connectivity index (χ0v) is 24.9. The number of ether oxygens (including phenoxy) is 2. The number of hydrogen-bond donors (Lipinski definition) is 3. The Morgan fingerprint density at radius 1 is 1.10 bits per heavy atom. The Labute approximate surface area is 245 Å². The van der Waals surface area contributed by atoms with E-state index in [0.29, 0.717) is 27.7 Å². The number of carbonyl (C=O) groups excluding carboxylic acids is 2. The predicted octanol–water partition coefficient (Wildman–Crippen LogP) is 4.60. The normalized spacial score (nSPS) is 15.0. The molecule has 1 amide bonds. The molecule has 1 aliphatic rings. The number of hydrogen-bond acceptors (Lipinski definition) is 6. The Hall–Kier alpha value is -4.44. The van der Waals surface area contributed by atoms with Crippen molar-refractivity contribution in [1.29, 1.82) is 0 Å². The molecule has 0 bridgehead atoms. The van der Waals surface area contributed by atoms with Crippen LogP contribution < -0.4 is 20.8 Å². The number of nitrogens with zero attached hydrogens (tertiary/aromatic N) is 2. The number of carbonyl (C=O) groups is 2. The van der Waals surface area contributed by atoms with Crippen molar-refractivity contribution in [3.63, 3.8) is 0 Å². The highest BCUT2D eigenvalue weighted by Gasteiger charge is 2.32. The first-order chi connectivity index (χ1) is 19.6. The van der Waals surface area contributed by atoms with Crippen molar-refractivity contribution in [2.75, 3.05) is 13.2 Å². The number of allylic oxidation sites excluding steroid dienone is 1. The van der Waals surface area contributed by atoms with Crippen LogP contribution in [0.3, 0.4) is 0 Å². The van der Waals surface area contributed by atoms with Gasteiger partial charge in [-0.15, -0.1) is 0 Å². The third-order valence-electron chi connectivity index (χ3n) is 6.81. The van der Waals surface area contributed by atoms with Gasteiger partial charge in [-0.25, -0.2) is 10.2 Å². The third kappa shape index (κ3) is 6.66. The van der Waals surface area contributed by atoms with Crippen LogP contribution in [0.15, 0.2) is 64.9 Å². The van der Waals surface area contributed by atoms with E-state index >= 15 is 0 Å². The third-order valence-corrected chi connectivity index (χ3v) is 7.03. The summed E-state index contributed by atoms with van der Waals surface area (Å²) in [6.45, 7) is 11.7. The van der Waals surface area contributed by atoms with Crippen molar-refractivity contribution in [1.82, 2.24) is 20.6 Å². The lowest BCUT2D eigenvalue weighted by atomic mass is 9.95. The van der Waals surface area contributed by atoms with Crippen LogP contribution in [0.4, 0.5) is 0 Å². The molecule has 1 atom stereocenters. The van der Waals surface area contributed by atoms with Crippen LogP contribution >= 0.6 is 12.2 Å². The number of aromatic nitrogens is 1. The van der Waals surface area contributed by atoms with Crippen LogP contribution in [0.1, 0.15) is 53.5 Å². The van der Waals surface area contributed by atoms with E-state index in [9.17, 15) is 9.59 Å². The quantitative estimate of drug-likeness (QED) is 0.149. The highest BCUT2D eigenvalue weighted by atomic mass is 32.1. The fraction of sp³-hybridized carbons (Fsp3) is 0.290. The molecular weight excluding hydrogens is 538 g/mol. The van der Waals surface area contributed by atoms with Gasteiger partial charge in [0, 0.05) is 33.9 Å². The Balaban J connectivity index is 1.45. The molecule has 0 radical (unpaired) electrons. The van der Waals surface area contributed by atoms with Crippen LogP contribution in [0.25, 0.3) is 5.69 Å². The molecule has 0 spiro atoms. The Morgan fingerprint density at radius 2 is 1.85 bits per heavy atom. The molecule has 0 aliphatic carbocycles. The average molecular weight is 574 g/mol. The Kier molecular flexibility index (Phi) is 9.24. The zero-order chi connectivity index (χ0) is 29.7. The summed E-state index contributed by atoms with van der Waals surface area (Å²) >= 11 is 5.33. The second kappa shape index (κ2) is 12.8. The van der Waals surface area contributed by atoms with Gasteiger partial charge in [0.05, 0.1) is 24.4 Å². The van der Waals surface area contributed by atoms with E-state index in [1.807, 2.05) is 32.0 Å². The molecule has 0 unspecified atom stereocenters. The molecule has 3 N–H and O–H groups in total. The molecule has 9 nitrogen and oxygen atoms in total. The molecule has 10 heteroatoms. The number of esters is 1. The molecule has 0 saturated heterocycles. The van der Waals surface area contributed by atoms with E-state index < -0.39 is 17.9 Å². The van der Waals surface area contributed by atoms with Crippen molar-refractivity contribution < 1.29 is 19.1 Å². The van der Waals surface area contributed by atoms with Gasteiger partial charge in [0.15, 0.2) is 11.7 Å². The maximum Gasteiger partial charge on any atom is 0.338 e. The van der Waals surface area contributed by atoms with Crippen LogP contribution in [0.5, 0.6) is 5.75 Å². The first kappa shape index (κ1) is 29.5. The first-order valence-electron chi connectivity index (χ1n) is 13.4. The second-order valence-corrected chi connectivity index (χ2v) is 10.3. The van der Waals surface area contributed by atoms with Gasteiger partial charge in [0.1, 0.15) is 5.75 Å². The van der Waals surface area contributed by atoms with Crippen molar-refractivity contribution in [2.45, 2.75) is 47.6 Å². The molecular formula is C31H35N5O4S. The molecule has 1 aromatic heterocycles. The number of thiocarbonyl (C=S) groups is 1. The zero-order valence-electron chi connectivity index (χ0n) is 24.1. The minimum absolute atomic E-state index is 0.237. The van der Waals surface area contributed by atoms with Gasteiger partial charge in [0.2, 0.25) is 0 Å². The standard InChI is InChI=1S/C31H35N5O4S/c1-7-39-30(38)28-21(5)33-31(41)34-29(28)24-10-8-9-11-26(24)40-17-27(37)35-32-16-23-15-20(4)36(22(23)6)25-13-12-18(2)14-19(25)3/h8-16,29H,7,17H2,1-6H3,(H,35,37)(H2,33,34,41)/t29-/m1/s1. The van der Waals surface area contributed by atoms with E-state index in [0.717, 1.165) is 22.6 Å². The number of nitrogens with one attached hydrogen (secondary N) is 3. The molecule has 4 rings (SSSR count). The minimum atomic E-state index is -0.604. The largest absolute Gasteiger partial charge is 0.483 e. The lowest BCUT2D eigenvalue weighted by Crippen LogP contribution is -2.45. The number of hydrazone groups is 1. The monoisotopic (exact) mass is 573 g/mol. The van der Waals surface area contributed by atoms with Gasteiger partial charge in [0.25, 0.3) is 5.91 Å². The number of aryl methyl sites for hydroxylation is 3. The van der Waals surface area contributed by atoms with Crippen molar-refractivity contribution in [3.05, 3.63) is 93.4 Å². The summed E-state index contributed by atoms with van der Waals surface area (Å²) in [5, 5.41) is 10.6. The highest BCUT2D eigenvalue weighted by Crippen LogP contribution is 2.33. The number of benzene rings is 2. The van der Waals surface area contributed by atoms with Crippen LogP contribution in [0, 0.1) is 27.7 Å². The fourth-order valence-electron chi connectivity index (χ4n) is 4.95. The average Bonchev–Trinajstić information content (AvgIpc) is 3.19. The Bertz CT molecular complexity index is 1560. The SMILES string of the molecule is CCOC(=O)C1=C(C)NC(=S)N[C@@H]1c1ccccc1OCC(=O)NN=Cc1cc(C)n(-c2ccc(C)cc2C)c1C. The minimum Gasteiger partial charge on any atom is -0.483 e. The van der Waals surface area contributed by atoms with Crippen molar-refractivity contribution >= 4 is 35.4 Å². The van der Waals surface area contributed by atoms with E-state index in [2.05, 4.69) is 57.8 Å². The van der Waals surface area contributed by atoms with E-state index in [4.69, 9.17) is 21.7 Å². The lowest BCUT2D eigenvalue weighted by Gasteiger charge is -2.30. The predicted molar refractivity (Wildman–Crippen MR) is 163 cm³/mol. The summed E-state index contributed by atoms with van der Waals surface area (Å²) in [4.78, 5) is 25.4. The summed E-state index contributed by atoms with van der Waals surface area (Å²) < 4.78 is 13.3. The second-order valence-electron chi connectivity index (χ2n) is 9.86. The Morgan fingerprint density at radius 3 is 2.59 bits per heavy atom. The van der Waals surface area contributed by atoms with Gasteiger partial charge < -0.3 is 24.7 Å². The van der Waals surface area contributed by atoms with Crippen molar-refractivity contribution in [2.24, 2.45) is 5.10 Å². The van der Waals surface area contributed by atoms with Crippen LogP contribution in [-0.4, -0.2) is 41.0 Å². The highest BCUT2D eigenvalue weighted by molar-refractivity contribution is 7.80. The number of amides is 1.